The maximum Gasteiger partial charge on any atom is 0.219 e. The van der Waals surface area contributed by atoms with Crippen molar-refractivity contribution in [1.29, 1.82) is 0 Å². The van der Waals surface area contributed by atoms with Gasteiger partial charge < -0.3 is 9.47 Å². The number of hydrogen-bond donors (Lipinski definition) is 0. The Morgan fingerprint density at radius 3 is 2.61 bits per heavy atom. The van der Waals surface area contributed by atoms with Gasteiger partial charge in [-0.05, 0) is 46.1 Å². The van der Waals surface area contributed by atoms with Crippen molar-refractivity contribution in [3.8, 4) is 17.4 Å². The average molecular weight is 308 g/mol. The van der Waals surface area contributed by atoms with E-state index in [-0.39, 0.29) is 0 Å². The molecule has 0 aliphatic rings. The van der Waals surface area contributed by atoms with E-state index in [4.69, 9.17) is 9.47 Å². The first-order valence-corrected chi connectivity index (χ1v) is 6.48. The van der Waals surface area contributed by atoms with E-state index in [0.29, 0.717) is 11.6 Å². The predicted octanol–water partition coefficient (Wildman–Crippen LogP) is 4.21. The minimum absolute atomic E-state index is 0.542. The zero-order valence-corrected chi connectivity index (χ0v) is 11.9. The van der Waals surface area contributed by atoms with Gasteiger partial charge >= 0.3 is 0 Å². The molecule has 1 heterocycles. The second kappa shape index (κ2) is 5.87. The second-order valence-electron chi connectivity index (χ2n) is 3.76. The summed E-state index contributed by atoms with van der Waals surface area (Å²) in [6.45, 7) is 2.10. The van der Waals surface area contributed by atoms with E-state index in [9.17, 15) is 0 Å². The molecule has 1 aromatic heterocycles. The molecule has 18 heavy (non-hydrogen) atoms. The topological polar surface area (TPSA) is 31.4 Å². The highest BCUT2D eigenvalue weighted by molar-refractivity contribution is 9.10. The molecule has 0 saturated heterocycles. The molecular weight excluding hydrogens is 294 g/mol. The van der Waals surface area contributed by atoms with Crippen LogP contribution in [0.15, 0.2) is 41.0 Å². The lowest BCUT2D eigenvalue weighted by Crippen LogP contribution is -1.93. The van der Waals surface area contributed by atoms with Crippen molar-refractivity contribution in [2.45, 2.75) is 13.3 Å². The van der Waals surface area contributed by atoms with Gasteiger partial charge in [-0.1, -0.05) is 13.0 Å². The molecule has 0 unspecified atom stereocenters. The summed E-state index contributed by atoms with van der Waals surface area (Å²) in [5, 5.41) is 0. The fourth-order valence-electron chi connectivity index (χ4n) is 1.55. The van der Waals surface area contributed by atoms with Gasteiger partial charge in [-0.25, -0.2) is 4.98 Å². The SMILES string of the molecule is CCc1ccc(Oc2ccc(Br)cn2)c(OC)c1. The standard InChI is InChI=1S/C14H14BrNO2/c1-3-10-4-6-12(13(8-10)17-2)18-14-7-5-11(15)9-16-14/h4-9H,3H2,1-2H3. The summed E-state index contributed by atoms with van der Waals surface area (Å²) >= 11 is 3.34. The zero-order valence-electron chi connectivity index (χ0n) is 10.3. The first-order valence-electron chi connectivity index (χ1n) is 5.69. The molecule has 4 heteroatoms. The molecule has 0 saturated carbocycles. The van der Waals surface area contributed by atoms with Crippen LogP contribution in [0.3, 0.4) is 0 Å². The minimum atomic E-state index is 0.542. The summed E-state index contributed by atoms with van der Waals surface area (Å²) in [4.78, 5) is 4.17. The molecular formula is C14H14BrNO2. The predicted molar refractivity (Wildman–Crippen MR) is 74.4 cm³/mol. The summed E-state index contributed by atoms with van der Waals surface area (Å²) in [5.41, 5.74) is 1.21. The van der Waals surface area contributed by atoms with Crippen LogP contribution in [0.25, 0.3) is 0 Å². The molecule has 0 amide bonds. The first kappa shape index (κ1) is 12.9. The lowest BCUT2D eigenvalue weighted by Gasteiger charge is -2.10. The monoisotopic (exact) mass is 307 g/mol. The summed E-state index contributed by atoms with van der Waals surface area (Å²) in [5.74, 6) is 1.93. The van der Waals surface area contributed by atoms with Crippen molar-refractivity contribution in [3.05, 3.63) is 46.6 Å². The van der Waals surface area contributed by atoms with E-state index in [1.165, 1.54) is 5.56 Å². The van der Waals surface area contributed by atoms with Crippen LogP contribution in [0.1, 0.15) is 12.5 Å². The van der Waals surface area contributed by atoms with Gasteiger partial charge in [0.1, 0.15) is 0 Å². The Labute approximate surface area is 115 Å². The Hall–Kier alpha value is -1.55. The number of nitrogens with zero attached hydrogens (tertiary/aromatic N) is 1. The molecule has 3 nitrogen and oxygen atoms in total. The number of pyridine rings is 1. The number of ether oxygens (including phenoxy) is 2. The van der Waals surface area contributed by atoms with Gasteiger partial charge in [-0.3, -0.25) is 0 Å². The molecule has 0 N–H and O–H groups in total. The van der Waals surface area contributed by atoms with Gasteiger partial charge in [0, 0.05) is 16.7 Å². The van der Waals surface area contributed by atoms with Crippen molar-refractivity contribution in [2.24, 2.45) is 0 Å². The van der Waals surface area contributed by atoms with E-state index in [1.54, 1.807) is 19.4 Å². The van der Waals surface area contributed by atoms with Crippen LogP contribution >= 0.6 is 15.9 Å². The fourth-order valence-corrected chi connectivity index (χ4v) is 1.79. The van der Waals surface area contributed by atoms with Gasteiger partial charge in [0.05, 0.1) is 7.11 Å². The van der Waals surface area contributed by atoms with Crippen LogP contribution in [-0.2, 0) is 6.42 Å². The molecule has 0 fully saturated rings. The third kappa shape index (κ3) is 3.01. The fraction of sp³-hybridized carbons (Fsp3) is 0.214. The molecule has 0 atom stereocenters. The van der Waals surface area contributed by atoms with Gasteiger partial charge in [-0.2, -0.15) is 0 Å². The van der Waals surface area contributed by atoms with Crippen molar-refractivity contribution in [3.63, 3.8) is 0 Å². The molecule has 2 aromatic rings. The average Bonchev–Trinajstić information content (AvgIpc) is 2.41. The highest BCUT2D eigenvalue weighted by Crippen LogP contribution is 2.31. The highest BCUT2D eigenvalue weighted by Gasteiger charge is 2.07. The number of methoxy groups -OCH3 is 1. The Kier molecular flexibility index (Phi) is 4.20. The normalized spacial score (nSPS) is 10.2. The van der Waals surface area contributed by atoms with E-state index in [0.717, 1.165) is 16.6 Å². The lowest BCUT2D eigenvalue weighted by molar-refractivity contribution is 0.373. The van der Waals surface area contributed by atoms with E-state index in [2.05, 4.69) is 27.8 Å². The highest BCUT2D eigenvalue weighted by atomic mass is 79.9. The van der Waals surface area contributed by atoms with Crippen LogP contribution in [0.2, 0.25) is 0 Å². The Bertz CT molecular complexity index is 526. The molecule has 0 aliphatic carbocycles. The van der Waals surface area contributed by atoms with Crippen LogP contribution in [0, 0.1) is 0 Å². The van der Waals surface area contributed by atoms with Crippen LogP contribution in [0.4, 0.5) is 0 Å². The van der Waals surface area contributed by atoms with Crippen molar-refractivity contribution >= 4 is 15.9 Å². The third-order valence-corrected chi connectivity index (χ3v) is 3.02. The van der Waals surface area contributed by atoms with E-state index >= 15 is 0 Å². The molecule has 0 aliphatic heterocycles. The number of hydrogen-bond acceptors (Lipinski definition) is 3. The largest absolute Gasteiger partial charge is 0.493 e. The first-order chi connectivity index (χ1) is 8.72. The number of aromatic nitrogens is 1. The van der Waals surface area contributed by atoms with Gasteiger partial charge in [0.2, 0.25) is 5.88 Å². The summed E-state index contributed by atoms with van der Waals surface area (Å²) in [7, 11) is 1.64. The second-order valence-corrected chi connectivity index (χ2v) is 4.67. The molecule has 0 bridgehead atoms. The zero-order chi connectivity index (χ0) is 13.0. The van der Waals surface area contributed by atoms with Crippen LogP contribution in [0.5, 0.6) is 17.4 Å². The van der Waals surface area contributed by atoms with E-state index in [1.807, 2.05) is 24.3 Å². The summed E-state index contributed by atoms with van der Waals surface area (Å²) in [6, 6.07) is 9.60. The number of benzene rings is 1. The molecule has 2 rings (SSSR count). The summed E-state index contributed by atoms with van der Waals surface area (Å²) in [6.07, 6.45) is 2.66. The third-order valence-electron chi connectivity index (χ3n) is 2.55. The van der Waals surface area contributed by atoms with E-state index < -0.39 is 0 Å². The molecule has 0 radical (unpaired) electrons. The molecule has 0 spiro atoms. The Balaban J connectivity index is 2.25. The van der Waals surface area contributed by atoms with Gasteiger partial charge in [-0.15, -0.1) is 0 Å². The molecule has 94 valence electrons. The van der Waals surface area contributed by atoms with Crippen molar-refractivity contribution < 1.29 is 9.47 Å². The van der Waals surface area contributed by atoms with Crippen molar-refractivity contribution in [1.82, 2.24) is 4.98 Å². The Morgan fingerprint density at radius 1 is 1.17 bits per heavy atom. The molecule has 1 aromatic carbocycles. The number of aryl methyl sites for hydroxylation is 1. The number of halogens is 1. The Morgan fingerprint density at radius 2 is 2.00 bits per heavy atom. The van der Waals surface area contributed by atoms with Gasteiger partial charge in [0.15, 0.2) is 11.5 Å². The number of rotatable bonds is 4. The summed E-state index contributed by atoms with van der Waals surface area (Å²) < 4.78 is 11.9. The van der Waals surface area contributed by atoms with Crippen molar-refractivity contribution in [2.75, 3.05) is 7.11 Å². The van der Waals surface area contributed by atoms with Gasteiger partial charge in [0.25, 0.3) is 0 Å². The van der Waals surface area contributed by atoms with Crippen LogP contribution in [-0.4, -0.2) is 12.1 Å². The lowest BCUT2D eigenvalue weighted by atomic mass is 10.1. The quantitative estimate of drug-likeness (QED) is 0.848. The smallest absolute Gasteiger partial charge is 0.219 e. The van der Waals surface area contributed by atoms with Crippen LogP contribution < -0.4 is 9.47 Å². The maximum atomic E-state index is 5.70. The maximum absolute atomic E-state index is 5.70. The minimum Gasteiger partial charge on any atom is -0.493 e.